The van der Waals surface area contributed by atoms with Crippen molar-refractivity contribution in [1.29, 1.82) is 0 Å². The largest absolute Gasteiger partial charge is 0.497 e. The predicted molar refractivity (Wildman–Crippen MR) is 119 cm³/mol. The van der Waals surface area contributed by atoms with Crippen LogP contribution in [-0.4, -0.2) is 59.6 Å². The first-order valence-corrected chi connectivity index (χ1v) is 10.0. The molecule has 31 heavy (non-hydrogen) atoms. The third-order valence-corrected chi connectivity index (χ3v) is 5.57. The molecular formula is C22H28ClN5O3. The lowest BCUT2D eigenvalue weighted by Gasteiger charge is -2.35. The summed E-state index contributed by atoms with van der Waals surface area (Å²) >= 11 is 0. The Labute approximate surface area is 188 Å². The highest BCUT2D eigenvalue weighted by Gasteiger charge is 2.32. The van der Waals surface area contributed by atoms with E-state index in [-0.39, 0.29) is 18.4 Å². The van der Waals surface area contributed by atoms with Crippen LogP contribution in [0, 0.1) is 0 Å². The Morgan fingerprint density at radius 3 is 2.58 bits per heavy atom. The van der Waals surface area contributed by atoms with E-state index in [1.807, 2.05) is 22.9 Å². The summed E-state index contributed by atoms with van der Waals surface area (Å²) in [6, 6.07) is 14.3. The first-order chi connectivity index (χ1) is 14.7. The number of aromatic nitrogens is 4. The third kappa shape index (κ3) is 4.81. The zero-order valence-electron chi connectivity index (χ0n) is 18.0. The zero-order chi connectivity index (χ0) is 20.9. The zero-order valence-corrected chi connectivity index (χ0v) is 18.8. The molecule has 0 fully saturated rings. The van der Waals surface area contributed by atoms with Gasteiger partial charge in [0.2, 0.25) is 0 Å². The SMILES string of the molecule is COCCn1nnnc1C(c1ccc(OC)cc1OC)N1CCc2ccccc2C1.Cl. The molecule has 0 N–H and O–H groups in total. The van der Waals surface area contributed by atoms with Gasteiger partial charge in [-0.05, 0) is 40.1 Å². The van der Waals surface area contributed by atoms with Gasteiger partial charge in [0.05, 0.1) is 27.4 Å². The van der Waals surface area contributed by atoms with E-state index in [0.717, 1.165) is 42.4 Å². The van der Waals surface area contributed by atoms with E-state index in [9.17, 15) is 0 Å². The molecule has 166 valence electrons. The topological polar surface area (TPSA) is 74.5 Å². The molecule has 1 aliphatic rings. The summed E-state index contributed by atoms with van der Waals surface area (Å²) in [5.41, 5.74) is 3.73. The molecule has 8 nitrogen and oxygen atoms in total. The number of hydrogen-bond donors (Lipinski definition) is 0. The average molecular weight is 446 g/mol. The molecule has 1 aromatic heterocycles. The van der Waals surface area contributed by atoms with Crippen LogP contribution in [0.4, 0.5) is 0 Å². The number of tetrazole rings is 1. The Bertz CT molecular complexity index is 997. The molecule has 0 aliphatic carbocycles. The number of methoxy groups -OCH3 is 3. The highest BCUT2D eigenvalue weighted by atomic mass is 35.5. The van der Waals surface area contributed by atoms with E-state index in [2.05, 4.69) is 44.7 Å². The second kappa shape index (κ2) is 10.6. The highest BCUT2D eigenvalue weighted by molar-refractivity contribution is 5.85. The molecular weight excluding hydrogens is 418 g/mol. The van der Waals surface area contributed by atoms with Crippen LogP contribution in [-0.2, 0) is 24.2 Å². The normalized spacial score (nSPS) is 14.4. The molecule has 0 saturated heterocycles. The van der Waals surface area contributed by atoms with Gasteiger partial charge in [0.1, 0.15) is 17.5 Å². The van der Waals surface area contributed by atoms with Crippen LogP contribution in [0.2, 0.25) is 0 Å². The van der Waals surface area contributed by atoms with E-state index in [0.29, 0.717) is 13.2 Å². The number of benzene rings is 2. The molecule has 2 heterocycles. The second-order valence-corrected chi connectivity index (χ2v) is 7.25. The van der Waals surface area contributed by atoms with Crippen molar-refractivity contribution in [2.24, 2.45) is 0 Å². The van der Waals surface area contributed by atoms with Crippen molar-refractivity contribution < 1.29 is 14.2 Å². The molecule has 1 unspecified atom stereocenters. The number of hydrogen-bond acceptors (Lipinski definition) is 7. The van der Waals surface area contributed by atoms with Crippen LogP contribution in [0.3, 0.4) is 0 Å². The van der Waals surface area contributed by atoms with E-state index in [1.165, 1.54) is 11.1 Å². The minimum atomic E-state index is -0.161. The van der Waals surface area contributed by atoms with Crippen molar-refractivity contribution in [1.82, 2.24) is 25.1 Å². The van der Waals surface area contributed by atoms with Crippen molar-refractivity contribution in [3.05, 3.63) is 65.0 Å². The summed E-state index contributed by atoms with van der Waals surface area (Å²) in [6.45, 7) is 2.83. The summed E-state index contributed by atoms with van der Waals surface area (Å²) < 4.78 is 18.2. The molecule has 0 spiro atoms. The van der Waals surface area contributed by atoms with Crippen LogP contribution < -0.4 is 9.47 Å². The molecule has 0 amide bonds. The van der Waals surface area contributed by atoms with Gasteiger partial charge in [-0.2, -0.15) is 0 Å². The van der Waals surface area contributed by atoms with Gasteiger partial charge in [0, 0.05) is 31.8 Å². The quantitative estimate of drug-likeness (QED) is 0.527. The lowest BCUT2D eigenvalue weighted by atomic mass is 9.95. The fourth-order valence-corrected chi connectivity index (χ4v) is 4.03. The van der Waals surface area contributed by atoms with Gasteiger partial charge in [0.25, 0.3) is 0 Å². The first-order valence-electron chi connectivity index (χ1n) is 10.0. The van der Waals surface area contributed by atoms with Gasteiger partial charge in [-0.1, -0.05) is 24.3 Å². The summed E-state index contributed by atoms with van der Waals surface area (Å²) in [7, 11) is 5.00. The smallest absolute Gasteiger partial charge is 0.173 e. The molecule has 3 aromatic rings. The van der Waals surface area contributed by atoms with Crippen LogP contribution >= 0.6 is 12.4 Å². The molecule has 0 bridgehead atoms. The summed E-state index contributed by atoms with van der Waals surface area (Å²) in [5, 5.41) is 12.6. The number of fused-ring (bicyclic) bond motifs is 1. The Hall–Kier alpha value is -2.68. The van der Waals surface area contributed by atoms with Crippen molar-refractivity contribution in [3.63, 3.8) is 0 Å². The molecule has 1 aliphatic heterocycles. The number of ether oxygens (including phenoxy) is 3. The maximum absolute atomic E-state index is 5.74. The molecule has 0 radical (unpaired) electrons. The Morgan fingerprint density at radius 2 is 1.84 bits per heavy atom. The first kappa shape index (κ1) is 23.0. The lowest BCUT2D eigenvalue weighted by Crippen LogP contribution is -2.36. The maximum Gasteiger partial charge on any atom is 0.173 e. The van der Waals surface area contributed by atoms with Crippen molar-refractivity contribution in [3.8, 4) is 11.5 Å². The minimum absolute atomic E-state index is 0. The van der Waals surface area contributed by atoms with Crippen LogP contribution in [0.1, 0.15) is 28.6 Å². The van der Waals surface area contributed by atoms with E-state index >= 15 is 0 Å². The van der Waals surface area contributed by atoms with Crippen molar-refractivity contribution >= 4 is 12.4 Å². The number of nitrogens with zero attached hydrogens (tertiary/aromatic N) is 5. The van der Waals surface area contributed by atoms with Gasteiger partial charge >= 0.3 is 0 Å². The minimum Gasteiger partial charge on any atom is -0.497 e. The summed E-state index contributed by atoms with van der Waals surface area (Å²) in [5.74, 6) is 2.27. The number of rotatable bonds is 8. The second-order valence-electron chi connectivity index (χ2n) is 7.25. The summed E-state index contributed by atoms with van der Waals surface area (Å²) in [6.07, 6.45) is 0.977. The summed E-state index contributed by atoms with van der Waals surface area (Å²) in [4.78, 5) is 2.40. The highest BCUT2D eigenvalue weighted by Crippen LogP contribution is 2.38. The predicted octanol–water partition coefficient (Wildman–Crippen LogP) is 2.91. The molecule has 0 saturated carbocycles. The van der Waals surface area contributed by atoms with Gasteiger partial charge in [0.15, 0.2) is 5.82 Å². The maximum atomic E-state index is 5.74. The molecule has 4 rings (SSSR count). The number of halogens is 1. The van der Waals surface area contributed by atoms with E-state index in [4.69, 9.17) is 14.2 Å². The fourth-order valence-electron chi connectivity index (χ4n) is 4.03. The molecule has 2 aromatic carbocycles. The Morgan fingerprint density at radius 1 is 1.03 bits per heavy atom. The molecule has 1 atom stereocenters. The average Bonchev–Trinajstić information content (AvgIpc) is 3.26. The fraction of sp³-hybridized carbons (Fsp3) is 0.409. The van der Waals surface area contributed by atoms with Crippen LogP contribution in [0.15, 0.2) is 42.5 Å². The monoisotopic (exact) mass is 445 g/mol. The van der Waals surface area contributed by atoms with Crippen molar-refractivity contribution in [2.75, 3.05) is 34.5 Å². The van der Waals surface area contributed by atoms with Gasteiger partial charge in [-0.15, -0.1) is 17.5 Å². The Kier molecular flexibility index (Phi) is 7.84. The van der Waals surface area contributed by atoms with Crippen LogP contribution in [0.25, 0.3) is 0 Å². The standard InChI is InChI=1S/C22H27N5O3.ClH/c1-28-13-12-27-22(23-24-25-27)21(19-9-8-18(29-2)14-20(19)30-3)26-11-10-16-6-4-5-7-17(16)15-26;/h4-9,14,21H,10-13,15H2,1-3H3;1H. The van der Waals surface area contributed by atoms with Gasteiger partial charge in [-0.25, -0.2) is 4.68 Å². The Balaban J connectivity index is 0.00000272. The van der Waals surface area contributed by atoms with Gasteiger partial charge < -0.3 is 14.2 Å². The van der Waals surface area contributed by atoms with E-state index in [1.54, 1.807) is 21.3 Å². The lowest BCUT2D eigenvalue weighted by molar-refractivity contribution is 0.168. The molecule has 9 heteroatoms. The van der Waals surface area contributed by atoms with Gasteiger partial charge in [-0.3, -0.25) is 4.90 Å². The van der Waals surface area contributed by atoms with E-state index < -0.39 is 0 Å². The van der Waals surface area contributed by atoms with Crippen molar-refractivity contribution in [2.45, 2.75) is 25.6 Å². The third-order valence-electron chi connectivity index (χ3n) is 5.57. The van der Waals surface area contributed by atoms with Crippen LogP contribution in [0.5, 0.6) is 11.5 Å².